The number of benzene rings is 3. The van der Waals surface area contributed by atoms with Crippen molar-refractivity contribution in [3.05, 3.63) is 131 Å². The molecule has 0 aliphatic carbocycles. The highest BCUT2D eigenvalue weighted by Gasteiger charge is 2.42. The van der Waals surface area contributed by atoms with Gasteiger partial charge in [0.25, 0.3) is 0 Å². The molecule has 0 saturated carbocycles. The van der Waals surface area contributed by atoms with Crippen LogP contribution in [0.2, 0.25) is 0 Å². The Morgan fingerprint density at radius 2 is 1.44 bits per heavy atom. The molecule has 2 saturated heterocycles. The summed E-state index contributed by atoms with van der Waals surface area (Å²) in [5.74, 6) is 1.59. The molecular formula is C37H37N5O2S. The number of anilines is 2. The Labute approximate surface area is 270 Å². The van der Waals surface area contributed by atoms with Crippen LogP contribution in [0.15, 0.2) is 103 Å². The molecule has 0 spiro atoms. The van der Waals surface area contributed by atoms with Crippen molar-refractivity contribution < 1.29 is 9.47 Å². The van der Waals surface area contributed by atoms with Gasteiger partial charge < -0.3 is 29.2 Å². The van der Waals surface area contributed by atoms with Gasteiger partial charge in [-0.1, -0.05) is 23.8 Å². The Balaban J connectivity index is 1.23. The van der Waals surface area contributed by atoms with Crippen LogP contribution < -0.4 is 19.9 Å². The molecule has 1 N–H and O–H groups in total. The average Bonchev–Trinajstić information content (AvgIpc) is 3.57. The van der Waals surface area contributed by atoms with Crippen molar-refractivity contribution in [2.24, 2.45) is 0 Å². The average molecular weight is 616 g/mol. The summed E-state index contributed by atoms with van der Waals surface area (Å²) in [7, 11) is 0. The maximum atomic E-state index is 6.12. The van der Waals surface area contributed by atoms with E-state index in [9.17, 15) is 0 Å². The molecule has 2 unspecified atom stereocenters. The molecule has 2 aromatic heterocycles. The van der Waals surface area contributed by atoms with Crippen molar-refractivity contribution in [1.82, 2.24) is 14.9 Å². The zero-order valence-electron chi connectivity index (χ0n) is 25.8. The number of aromatic nitrogens is 2. The minimum Gasteiger partial charge on any atom is -0.457 e. The van der Waals surface area contributed by atoms with E-state index in [1.165, 1.54) is 28.2 Å². The number of aryl methyl sites for hydroxylation is 2. The maximum absolute atomic E-state index is 6.12. The number of hydrogen-bond acceptors (Lipinski definition) is 5. The number of thiocarbonyl (C=S) groups is 1. The lowest BCUT2D eigenvalue weighted by Gasteiger charge is -2.29. The number of hydrogen-bond donors (Lipinski definition) is 1. The Kier molecular flexibility index (Phi) is 8.00. The van der Waals surface area contributed by atoms with Crippen LogP contribution >= 0.6 is 12.2 Å². The Morgan fingerprint density at radius 3 is 2.11 bits per heavy atom. The van der Waals surface area contributed by atoms with Crippen molar-refractivity contribution in [2.45, 2.75) is 32.9 Å². The van der Waals surface area contributed by atoms with Crippen LogP contribution in [0.3, 0.4) is 0 Å². The first-order valence-corrected chi connectivity index (χ1v) is 15.8. The summed E-state index contributed by atoms with van der Waals surface area (Å²) in [6, 6.07) is 33.2. The van der Waals surface area contributed by atoms with E-state index >= 15 is 0 Å². The fraction of sp³-hybridized carbons (Fsp3) is 0.243. The molecule has 228 valence electrons. The molecule has 2 aliphatic heterocycles. The van der Waals surface area contributed by atoms with Gasteiger partial charge in [0.1, 0.15) is 11.5 Å². The predicted molar refractivity (Wildman–Crippen MR) is 184 cm³/mol. The number of rotatable bonds is 7. The molecule has 4 heterocycles. The summed E-state index contributed by atoms with van der Waals surface area (Å²) < 4.78 is 14.0. The van der Waals surface area contributed by atoms with Gasteiger partial charge in [0.05, 0.1) is 31.0 Å². The minimum atomic E-state index is -0.125. The van der Waals surface area contributed by atoms with Crippen LogP contribution in [0, 0.1) is 20.8 Å². The third-order valence-corrected chi connectivity index (χ3v) is 9.06. The van der Waals surface area contributed by atoms with E-state index in [4.69, 9.17) is 26.7 Å². The van der Waals surface area contributed by atoms with Gasteiger partial charge in [0.2, 0.25) is 0 Å². The molecule has 8 heteroatoms. The molecule has 2 aliphatic rings. The lowest BCUT2D eigenvalue weighted by atomic mass is 9.96. The van der Waals surface area contributed by atoms with Crippen LogP contribution in [0.4, 0.5) is 11.4 Å². The summed E-state index contributed by atoms with van der Waals surface area (Å²) in [6.45, 7) is 9.83. The Hall–Kier alpha value is -4.66. The Bertz CT molecular complexity index is 1780. The zero-order valence-corrected chi connectivity index (χ0v) is 26.6. The van der Waals surface area contributed by atoms with Crippen molar-refractivity contribution in [3.63, 3.8) is 0 Å². The summed E-state index contributed by atoms with van der Waals surface area (Å²) in [5.41, 5.74) is 9.05. The van der Waals surface area contributed by atoms with Crippen molar-refractivity contribution in [3.8, 4) is 17.2 Å². The smallest absolute Gasteiger partial charge is 0.174 e. The molecule has 7 nitrogen and oxygen atoms in total. The normalized spacial score (nSPS) is 18.2. The molecule has 7 rings (SSSR count). The maximum Gasteiger partial charge on any atom is 0.174 e. The van der Waals surface area contributed by atoms with E-state index in [1.54, 1.807) is 0 Å². The standard InChI is InChI=1S/C37H37N5O2S/c1-25-7-15-31(16-8-25)44-32-17-13-30(14-18-32)42-36(35(39-37(42)45)34-6-4-5-19-38-34)33-24-26(2)41(27(33)3)29-11-9-28(10-12-29)40-20-22-43-23-21-40/h4-19,24,35-36H,20-23H2,1-3H3,(H,39,45). The van der Waals surface area contributed by atoms with Gasteiger partial charge in [0.15, 0.2) is 5.11 Å². The molecule has 2 atom stereocenters. The number of nitrogens with zero attached hydrogens (tertiary/aromatic N) is 4. The third-order valence-electron chi connectivity index (χ3n) is 8.74. The van der Waals surface area contributed by atoms with Crippen molar-refractivity contribution in [2.75, 3.05) is 36.1 Å². The summed E-state index contributed by atoms with van der Waals surface area (Å²) >= 11 is 6.01. The number of pyridine rings is 1. The van der Waals surface area contributed by atoms with Crippen LogP contribution in [-0.4, -0.2) is 41.0 Å². The first-order valence-electron chi connectivity index (χ1n) is 15.4. The molecule has 3 aromatic carbocycles. The van der Waals surface area contributed by atoms with Crippen LogP contribution in [-0.2, 0) is 4.74 Å². The topological polar surface area (TPSA) is 54.8 Å². The molecule has 0 amide bonds. The quantitative estimate of drug-likeness (QED) is 0.189. The summed E-state index contributed by atoms with van der Waals surface area (Å²) in [6.07, 6.45) is 1.84. The van der Waals surface area contributed by atoms with Crippen molar-refractivity contribution >= 4 is 28.7 Å². The molecule has 0 radical (unpaired) electrons. The number of nitrogens with one attached hydrogen (secondary N) is 1. The SMILES string of the molecule is Cc1ccc(Oc2ccc(N3C(=S)NC(c4ccccn4)C3c3cc(C)n(-c4ccc(N5CCOCC5)cc4)c3C)cc2)cc1. The monoisotopic (exact) mass is 615 g/mol. The van der Waals surface area contributed by atoms with Gasteiger partial charge in [-0.15, -0.1) is 0 Å². The highest BCUT2D eigenvalue weighted by atomic mass is 32.1. The van der Waals surface area contributed by atoms with Crippen LogP contribution in [0.25, 0.3) is 5.69 Å². The molecule has 2 fully saturated rings. The first kappa shape index (κ1) is 29.1. The van der Waals surface area contributed by atoms with E-state index in [0.717, 1.165) is 54.9 Å². The van der Waals surface area contributed by atoms with Crippen molar-refractivity contribution in [1.29, 1.82) is 0 Å². The Morgan fingerprint density at radius 1 is 0.800 bits per heavy atom. The zero-order chi connectivity index (χ0) is 30.9. The van der Waals surface area contributed by atoms with E-state index in [2.05, 4.69) is 101 Å². The highest BCUT2D eigenvalue weighted by Crippen LogP contribution is 2.44. The number of morpholine rings is 1. The lowest BCUT2D eigenvalue weighted by molar-refractivity contribution is 0.122. The van der Waals surface area contributed by atoms with Gasteiger partial charge >= 0.3 is 0 Å². The molecule has 0 bridgehead atoms. The van der Waals surface area contributed by atoms with Gasteiger partial charge in [-0.05, 0) is 117 Å². The first-order chi connectivity index (χ1) is 22.0. The third kappa shape index (κ3) is 5.79. The van der Waals surface area contributed by atoms with Gasteiger partial charge in [-0.25, -0.2) is 0 Å². The fourth-order valence-electron chi connectivity index (χ4n) is 6.48. The van der Waals surface area contributed by atoms with Crippen LogP contribution in [0.1, 0.15) is 40.3 Å². The largest absolute Gasteiger partial charge is 0.457 e. The second-order valence-electron chi connectivity index (χ2n) is 11.7. The van der Waals surface area contributed by atoms with Gasteiger partial charge in [-0.3, -0.25) is 4.98 Å². The second-order valence-corrected chi connectivity index (χ2v) is 12.1. The molecule has 5 aromatic rings. The van der Waals surface area contributed by atoms with E-state index < -0.39 is 0 Å². The number of ether oxygens (including phenoxy) is 2. The summed E-state index contributed by atoms with van der Waals surface area (Å²) in [5, 5.41) is 4.27. The summed E-state index contributed by atoms with van der Waals surface area (Å²) in [4.78, 5) is 9.35. The molecular weight excluding hydrogens is 579 g/mol. The second kappa shape index (κ2) is 12.4. The van der Waals surface area contributed by atoms with Gasteiger partial charge in [0, 0.05) is 47.7 Å². The van der Waals surface area contributed by atoms with Gasteiger partial charge in [-0.2, -0.15) is 0 Å². The van der Waals surface area contributed by atoms with E-state index in [1.807, 2.05) is 42.6 Å². The lowest BCUT2D eigenvalue weighted by Crippen LogP contribution is -2.36. The highest BCUT2D eigenvalue weighted by molar-refractivity contribution is 7.80. The van der Waals surface area contributed by atoms with E-state index in [-0.39, 0.29) is 12.1 Å². The fourth-order valence-corrected chi connectivity index (χ4v) is 6.83. The van der Waals surface area contributed by atoms with E-state index in [0.29, 0.717) is 5.11 Å². The predicted octanol–water partition coefficient (Wildman–Crippen LogP) is 7.60. The minimum absolute atomic E-state index is 0.108. The van der Waals surface area contributed by atoms with Crippen LogP contribution in [0.5, 0.6) is 11.5 Å². The molecule has 45 heavy (non-hydrogen) atoms.